The normalized spacial score (nSPS) is 12.2. The molecule has 23 heavy (non-hydrogen) atoms. The Bertz CT molecular complexity index is 617. The minimum absolute atomic E-state index is 0. The van der Waals surface area contributed by atoms with Crippen LogP contribution in [0.4, 0.5) is 17.1 Å². The van der Waals surface area contributed by atoms with Crippen LogP contribution in [0.15, 0.2) is 48.5 Å². The highest BCUT2D eigenvalue weighted by Gasteiger charge is 2.17. The molecule has 3 rings (SSSR count). The van der Waals surface area contributed by atoms with E-state index in [1.165, 1.54) is 29.0 Å². The first-order valence-corrected chi connectivity index (χ1v) is 7.57. The van der Waals surface area contributed by atoms with Crippen LogP contribution >= 0.6 is 24.8 Å². The largest absolute Gasteiger partial charge is 0.365 e. The van der Waals surface area contributed by atoms with Crippen molar-refractivity contribution in [3.63, 3.8) is 0 Å². The number of benzene rings is 2. The quantitative estimate of drug-likeness (QED) is 0.869. The van der Waals surface area contributed by atoms with E-state index in [1.807, 2.05) is 0 Å². The van der Waals surface area contributed by atoms with Crippen LogP contribution in [0, 0.1) is 0 Å². The fraction of sp³-hybridized carbons (Fsp3) is 0.333. The molecule has 0 atom stereocenters. The second-order valence-electron chi connectivity index (χ2n) is 5.88. The van der Waals surface area contributed by atoms with Crippen LogP contribution in [0.3, 0.4) is 0 Å². The van der Waals surface area contributed by atoms with Gasteiger partial charge in [0.15, 0.2) is 0 Å². The summed E-state index contributed by atoms with van der Waals surface area (Å²) >= 11 is 0. The molecule has 0 amide bonds. The molecule has 0 unspecified atom stereocenters. The minimum Gasteiger partial charge on any atom is -0.365 e. The van der Waals surface area contributed by atoms with Crippen molar-refractivity contribution in [3.8, 4) is 0 Å². The van der Waals surface area contributed by atoms with Crippen LogP contribution in [0.2, 0.25) is 0 Å². The van der Waals surface area contributed by atoms with Crippen molar-refractivity contribution in [2.75, 3.05) is 37.4 Å². The Kier molecular flexibility index (Phi) is 7.69. The van der Waals surface area contributed by atoms with Crippen LogP contribution in [-0.2, 0) is 6.54 Å². The second kappa shape index (κ2) is 9.02. The van der Waals surface area contributed by atoms with Crippen LogP contribution in [0.5, 0.6) is 0 Å². The molecule has 0 bridgehead atoms. The second-order valence-corrected chi connectivity index (χ2v) is 5.88. The van der Waals surface area contributed by atoms with E-state index < -0.39 is 0 Å². The first kappa shape index (κ1) is 19.6. The molecule has 1 heterocycles. The number of anilines is 3. The van der Waals surface area contributed by atoms with Crippen molar-refractivity contribution in [2.45, 2.75) is 13.0 Å². The summed E-state index contributed by atoms with van der Waals surface area (Å²) in [4.78, 5) is 4.73. The highest BCUT2D eigenvalue weighted by Crippen LogP contribution is 2.35. The summed E-state index contributed by atoms with van der Waals surface area (Å²) in [6.07, 6.45) is 1.17. The summed E-state index contributed by atoms with van der Waals surface area (Å²) in [6, 6.07) is 17.2. The molecule has 0 saturated carbocycles. The van der Waals surface area contributed by atoms with Gasteiger partial charge in [-0.2, -0.15) is 0 Å². The van der Waals surface area contributed by atoms with E-state index in [2.05, 4.69) is 77.7 Å². The molecule has 2 aromatic carbocycles. The lowest BCUT2D eigenvalue weighted by Crippen LogP contribution is -2.26. The predicted molar refractivity (Wildman–Crippen MR) is 105 cm³/mol. The van der Waals surface area contributed by atoms with Crippen LogP contribution in [0.1, 0.15) is 12.0 Å². The molecule has 2 aromatic rings. The Hall–Kier alpha value is -1.42. The molecule has 0 saturated heterocycles. The number of hydrogen-bond acceptors (Lipinski definition) is 3. The number of rotatable bonds is 4. The van der Waals surface area contributed by atoms with Gasteiger partial charge in [0.2, 0.25) is 0 Å². The third kappa shape index (κ3) is 4.77. The zero-order valence-corrected chi connectivity index (χ0v) is 15.3. The zero-order valence-electron chi connectivity index (χ0n) is 13.7. The number of nitrogens with zero attached hydrogens (tertiary/aromatic N) is 2. The highest BCUT2D eigenvalue weighted by molar-refractivity contribution is 5.85. The lowest BCUT2D eigenvalue weighted by molar-refractivity contribution is 0.400. The lowest BCUT2D eigenvalue weighted by atomic mass is 10.1. The van der Waals surface area contributed by atoms with Gasteiger partial charge in [-0.3, -0.25) is 0 Å². The van der Waals surface area contributed by atoms with Crippen molar-refractivity contribution >= 4 is 41.9 Å². The minimum atomic E-state index is 0. The van der Waals surface area contributed by atoms with Gasteiger partial charge in [0.1, 0.15) is 0 Å². The average molecular weight is 354 g/mol. The van der Waals surface area contributed by atoms with Crippen molar-refractivity contribution < 1.29 is 0 Å². The molecule has 0 radical (unpaired) electrons. The fourth-order valence-corrected chi connectivity index (χ4v) is 2.85. The first-order valence-electron chi connectivity index (χ1n) is 7.57. The number of hydrogen-bond donors (Lipinski definition) is 1. The summed E-state index contributed by atoms with van der Waals surface area (Å²) in [5, 5.41) is 3.58. The summed E-state index contributed by atoms with van der Waals surface area (Å²) in [5.74, 6) is 0. The smallest absolute Gasteiger partial charge is 0.0622 e. The average Bonchev–Trinajstić information content (AvgIpc) is 2.63. The maximum Gasteiger partial charge on any atom is 0.0622 e. The molecule has 0 aromatic heterocycles. The van der Waals surface area contributed by atoms with Gasteiger partial charge in [0.25, 0.3) is 0 Å². The molecule has 1 N–H and O–H groups in total. The molecule has 0 fully saturated rings. The van der Waals surface area contributed by atoms with E-state index in [4.69, 9.17) is 0 Å². The molecular weight excluding hydrogens is 329 g/mol. The van der Waals surface area contributed by atoms with Crippen molar-refractivity contribution in [2.24, 2.45) is 0 Å². The Morgan fingerprint density at radius 3 is 2.35 bits per heavy atom. The van der Waals surface area contributed by atoms with Crippen LogP contribution < -0.4 is 10.2 Å². The van der Waals surface area contributed by atoms with Crippen LogP contribution in [-0.4, -0.2) is 32.1 Å². The monoisotopic (exact) mass is 353 g/mol. The maximum atomic E-state index is 3.58. The van der Waals surface area contributed by atoms with Gasteiger partial charge in [-0.1, -0.05) is 30.3 Å². The van der Waals surface area contributed by atoms with E-state index in [0.29, 0.717) is 0 Å². The standard InChI is InChI=1S/C18H23N3.2ClH/c1-20(2)12-7-13-21-14-15-8-3-4-9-16(15)19-17-10-5-6-11-18(17)21;;/h3-6,8-11,19H,7,12-14H2,1-2H3;2*1H. The highest BCUT2D eigenvalue weighted by atomic mass is 35.5. The Morgan fingerprint density at radius 2 is 1.61 bits per heavy atom. The lowest BCUT2D eigenvalue weighted by Gasteiger charge is -2.25. The Balaban J connectivity index is 0.00000132. The zero-order chi connectivity index (χ0) is 14.7. The van der Waals surface area contributed by atoms with Crippen molar-refractivity contribution in [1.29, 1.82) is 0 Å². The van der Waals surface area contributed by atoms with Gasteiger partial charge >= 0.3 is 0 Å². The van der Waals surface area contributed by atoms with E-state index in [-0.39, 0.29) is 24.8 Å². The van der Waals surface area contributed by atoms with E-state index in [1.54, 1.807) is 0 Å². The Morgan fingerprint density at radius 1 is 0.957 bits per heavy atom. The number of para-hydroxylation sites is 3. The van der Waals surface area contributed by atoms with Gasteiger partial charge in [0.05, 0.1) is 11.4 Å². The topological polar surface area (TPSA) is 18.5 Å². The summed E-state index contributed by atoms with van der Waals surface area (Å²) < 4.78 is 0. The van der Waals surface area contributed by atoms with Gasteiger partial charge in [-0.15, -0.1) is 24.8 Å². The van der Waals surface area contributed by atoms with E-state index >= 15 is 0 Å². The number of fused-ring (bicyclic) bond motifs is 2. The molecular formula is C18H25Cl2N3. The Labute approximate surface area is 151 Å². The first-order chi connectivity index (χ1) is 10.2. The fourth-order valence-electron chi connectivity index (χ4n) is 2.85. The van der Waals surface area contributed by atoms with Crippen molar-refractivity contribution in [1.82, 2.24) is 4.90 Å². The van der Waals surface area contributed by atoms with Crippen LogP contribution in [0.25, 0.3) is 0 Å². The molecule has 3 nitrogen and oxygen atoms in total. The third-order valence-corrected chi connectivity index (χ3v) is 3.93. The van der Waals surface area contributed by atoms with Gasteiger partial charge in [-0.25, -0.2) is 0 Å². The maximum absolute atomic E-state index is 3.58. The molecule has 126 valence electrons. The molecule has 5 heteroatoms. The number of halogens is 2. The van der Waals surface area contributed by atoms with E-state index in [9.17, 15) is 0 Å². The molecule has 1 aliphatic heterocycles. The summed E-state index contributed by atoms with van der Waals surface area (Å²) in [7, 11) is 4.26. The summed E-state index contributed by atoms with van der Waals surface area (Å²) in [6.45, 7) is 3.16. The summed E-state index contributed by atoms with van der Waals surface area (Å²) in [5.41, 5.74) is 5.08. The van der Waals surface area contributed by atoms with E-state index in [0.717, 1.165) is 19.6 Å². The predicted octanol–water partition coefficient (Wildman–Crippen LogP) is 4.55. The van der Waals surface area contributed by atoms with Gasteiger partial charge < -0.3 is 15.1 Å². The number of nitrogens with one attached hydrogen (secondary N) is 1. The SMILES string of the molecule is CN(C)CCCN1Cc2ccccc2Nc2ccccc21.Cl.Cl. The molecule has 0 spiro atoms. The van der Waals surface area contributed by atoms with Gasteiger partial charge in [-0.05, 0) is 50.8 Å². The van der Waals surface area contributed by atoms with Gasteiger partial charge in [0, 0.05) is 18.8 Å². The van der Waals surface area contributed by atoms with Crippen molar-refractivity contribution in [3.05, 3.63) is 54.1 Å². The third-order valence-electron chi connectivity index (χ3n) is 3.93. The molecule has 1 aliphatic rings. The molecule has 0 aliphatic carbocycles.